The number of methoxy groups -OCH3 is 2. The van der Waals surface area contributed by atoms with Gasteiger partial charge in [0.1, 0.15) is 11.5 Å². The molecule has 5 rings (SSSR count). The molecule has 0 radical (unpaired) electrons. The van der Waals surface area contributed by atoms with E-state index < -0.39 is 5.91 Å². The van der Waals surface area contributed by atoms with Gasteiger partial charge in [0.15, 0.2) is 0 Å². The number of benzene rings is 3. The molecule has 2 heterocycles. The molecule has 186 valence electrons. The third-order valence-corrected chi connectivity index (χ3v) is 6.75. The van der Waals surface area contributed by atoms with Gasteiger partial charge in [-0.2, -0.15) is 9.78 Å². The third kappa shape index (κ3) is 4.74. The minimum Gasteiger partial charge on any atom is -0.497 e. The summed E-state index contributed by atoms with van der Waals surface area (Å²) in [4.78, 5) is 31.1. The molecule has 0 saturated heterocycles. The summed E-state index contributed by atoms with van der Waals surface area (Å²) in [5, 5.41) is 7.97. The highest BCUT2D eigenvalue weighted by Gasteiger charge is 2.21. The monoisotopic (exact) mass is 513 g/mol. The van der Waals surface area contributed by atoms with Crippen molar-refractivity contribution in [2.24, 2.45) is 5.10 Å². The van der Waals surface area contributed by atoms with E-state index in [1.807, 2.05) is 54.6 Å². The summed E-state index contributed by atoms with van der Waals surface area (Å²) in [6.07, 6.45) is 0. The summed E-state index contributed by atoms with van der Waals surface area (Å²) in [7, 11) is 3.01. The topological polar surface area (TPSA) is 111 Å². The summed E-state index contributed by atoms with van der Waals surface area (Å²) in [6, 6.07) is 22.0. The van der Waals surface area contributed by atoms with E-state index in [0.717, 1.165) is 15.8 Å². The predicted octanol–water partition coefficient (Wildman–Crippen LogP) is 4.61. The average Bonchev–Trinajstić information content (AvgIpc) is 3.52. The molecule has 0 fully saturated rings. The fraction of sp³-hybridized carbons (Fsp3) is 0.111. The normalized spacial score (nSPS) is 11.5. The van der Waals surface area contributed by atoms with Gasteiger partial charge >= 0.3 is 0 Å². The van der Waals surface area contributed by atoms with Crippen LogP contribution in [0.4, 0.5) is 0 Å². The fourth-order valence-corrected chi connectivity index (χ4v) is 4.80. The lowest BCUT2D eigenvalue weighted by molar-refractivity contribution is 0.0954. The number of nitrogens with zero attached hydrogens (tertiary/aromatic N) is 3. The zero-order chi connectivity index (χ0) is 25.9. The van der Waals surface area contributed by atoms with Crippen LogP contribution in [0.15, 0.2) is 82.7 Å². The van der Waals surface area contributed by atoms with E-state index >= 15 is 0 Å². The van der Waals surface area contributed by atoms with Gasteiger partial charge < -0.3 is 9.47 Å². The lowest BCUT2D eigenvalue weighted by Crippen LogP contribution is -2.23. The quantitative estimate of drug-likeness (QED) is 0.244. The lowest BCUT2D eigenvalue weighted by atomic mass is 10.1. The molecule has 0 bridgehead atoms. The van der Waals surface area contributed by atoms with Crippen molar-refractivity contribution in [1.29, 1.82) is 0 Å². The molecule has 0 spiro atoms. The second kappa shape index (κ2) is 10.1. The number of H-pyrrole nitrogens is 1. The Labute approximate surface area is 216 Å². The molecule has 3 aromatic carbocycles. The van der Waals surface area contributed by atoms with Gasteiger partial charge in [0.2, 0.25) is 5.13 Å². The number of nitrogens with one attached hydrogen (secondary N) is 2. The van der Waals surface area contributed by atoms with Gasteiger partial charge in [-0.1, -0.05) is 53.8 Å². The molecule has 0 atom stereocenters. The number of carbonyl (C=O) groups is 1. The Hall–Kier alpha value is -4.70. The number of para-hydroxylation sites is 1. The number of hydrazone groups is 1. The van der Waals surface area contributed by atoms with Crippen molar-refractivity contribution in [3.8, 4) is 27.9 Å². The van der Waals surface area contributed by atoms with Gasteiger partial charge in [-0.3, -0.25) is 14.7 Å². The Morgan fingerprint density at radius 3 is 2.35 bits per heavy atom. The number of thiazole rings is 1. The molecule has 5 aromatic rings. The zero-order valence-electron chi connectivity index (χ0n) is 20.3. The van der Waals surface area contributed by atoms with E-state index in [0.29, 0.717) is 39.2 Å². The molecule has 0 saturated carbocycles. The first-order valence-corrected chi connectivity index (χ1v) is 12.1. The van der Waals surface area contributed by atoms with Crippen LogP contribution in [0.5, 0.6) is 11.5 Å². The zero-order valence-corrected chi connectivity index (χ0v) is 21.1. The van der Waals surface area contributed by atoms with E-state index in [2.05, 4.69) is 20.6 Å². The first kappa shape index (κ1) is 24.0. The van der Waals surface area contributed by atoms with Crippen molar-refractivity contribution in [2.45, 2.75) is 6.92 Å². The van der Waals surface area contributed by atoms with Crippen molar-refractivity contribution < 1.29 is 14.3 Å². The summed E-state index contributed by atoms with van der Waals surface area (Å²) in [5.41, 5.74) is 5.36. The lowest BCUT2D eigenvalue weighted by Gasteiger charge is -2.08. The second-order valence-corrected chi connectivity index (χ2v) is 9.08. The Morgan fingerprint density at radius 1 is 1.00 bits per heavy atom. The highest BCUT2D eigenvalue weighted by atomic mass is 32.1. The average molecular weight is 514 g/mol. The summed E-state index contributed by atoms with van der Waals surface area (Å²) in [6.45, 7) is 1.67. The Morgan fingerprint density at radius 2 is 1.68 bits per heavy atom. The first-order chi connectivity index (χ1) is 18.0. The van der Waals surface area contributed by atoms with Crippen LogP contribution in [0, 0.1) is 0 Å². The SMILES string of the molecule is COc1cc(OC)cc(C(=O)N/N=C(\C)c2c(-c3ccccc3)[nH]n(-c3nc4ccccc4s3)c2=O)c1. The van der Waals surface area contributed by atoms with Crippen LogP contribution in [0.3, 0.4) is 0 Å². The molecule has 0 aliphatic carbocycles. The van der Waals surface area contributed by atoms with E-state index in [4.69, 9.17) is 9.47 Å². The largest absolute Gasteiger partial charge is 0.497 e. The van der Waals surface area contributed by atoms with Crippen molar-refractivity contribution >= 4 is 33.2 Å². The summed E-state index contributed by atoms with van der Waals surface area (Å²) in [5.74, 6) is 0.474. The number of ether oxygens (including phenoxy) is 2. The standard InChI is InChI=1S/C27H23N5O4S/c1-16(29-30-25(33)18-13-19(35-2)15-20(14-18)36-3)23-24(17-9-5-4-6-10-17)31-32(26(23)34)27-28-21-11-7-8-12-22(21)37-27/h4-15,31H,1-3H3,(H,30,33)/b29-16+. The predicted molar refractivity (Wildman–Crippen MR) is 144 cm³/mol. The van der Waals surface area contributed by atoms with Gasteiger partial charge in [0, 0.05) is 17.2 Å². The minimum absolute atomic E-state index is 0.303. The molecule has 9 nitrogen and oxygen atoms in total. The summed E-state index contributed by atoms with van der Waals surface area (Å²) < 4.78 is 12.9. The molecule has 0 aliphatic rings. The Kier molecular flexibility index (Phi) is 6.57. The second-order valence-electron chi connectivity index (χ2n) is 8.07. The van der Waals surface area contributed by atoms with Gasteiger partial charge in [0.05, 0.1) is 41.4 Å². The molecular weight excluding hydrogens is 490 g/mol. The van der Waals surface area contributed by atoms with E-state index in [1.165, 1.54) is 30.2 Å². The first-order valence-electron chi connectivity index (χ1n) is 11.3. The number of carbonyl (C=O) groups excluding carboxylic acids is 1. The highest BCUT2D eigenvalue weighted by molar-refractivity contribution is 7.20. The van der Waals surface area contributed by atoms with E-state index in [-0.39, 0.29) is 5.56 Å². The molecule has 2 aromatic heterocycles. The van der Waals surface area contributed by atoms with Crippen molar-refractivity contribution in [1.82, 2.24) is 20.2 Å². The molecule has 2 N–H and O–H groups in total. The number of hydrogen-bond donors (Lipinski definition) is 2. The van der Waals surface area contributed by atoms with E-state index in [1.54, 1.807) is 25.1 Å². The van der Waals surface area contributed by atoms with Crippen LogP contribution in [0.1, 0.15) is 22.8 Å². The smallest absolute Gasteiger partial charge is 0.283 e. The van der Waals surface area contributed by atoms with Crippen LogP contribution in [0.25, 0.3) is 26.6 Å². The fourth-order valence-electron chi connectivity index (χ4n) is 3.87. The van der Waals surface area contributed by atoms with Crippen molar-refractivity contribution in [3.63, 3.8) is 0 Å². The highest BCUT2D eigenvalue weighted by Crippen LogP contribution is 2.26. The number of aromatic amines is 1. The Balaban J connectivity index is 1.55. The van der Waals surface area contributed by atoms with Gasteiger partial charge in [-0.25, -0.2) is 10.4 Å². The van der Waals surface area contributed by atoms with Crippen molar-refractivity contribution in [2.75, 3.05) is 14.2 Å². The number of hydrogen-bond acceptors (Lipinski definition) is 7. The maximum absolute atomic E-state index is 13.6. The van der Waals surface area contributed by atoms with Crippen LogP contribution in [-0.4, -0.2) is 40.6 Å². The molecule has 0 unspecified atom stereocenters. The van der Waals surface area contributed by atoms with Gasteiger partial charge in [-0.05, 0) is 31.2 Å². The molecule has 10 heteroatoms. The van der Waals surface area contributed by atoms with Crippen LogP contribution < -0.4 is 20.5 Å². The molecule has 1 amide bonds. The molecular formula is C27H23N5O4S. The van der Waals surface area contributed by atoms with Gasteiger partial charge in [0.25, 0.3) is 11.5 Å². The van der Waals surface area contributed by atoms with Gasteiger partial charge in [-0.15, -0.1) is 0 Å². The maximum atomic E-state index is 13.6. The van der Waals surface area contributed by atoms with Crippen molar-refractivity contribution in [3.05, 3.63) is 94.3 Å². The number of amides is 1. The minimum atomic E-state index is -0.472. The molecule has 0 aliphatic heterocycles. The summed E-state index contributed by atoms with van der Waals surface area (Å²) >= 11 is 1.40. The van der Waals surface area contributed by atoms with Crippen LogP contribution >= 0.6 is 11.3 Å². The molecule has 37 heavy (non-hydrogen) atoms. The third-order valence-electron chi connectivity index (χ3n) is 5.73. The number of aromatic nitrogens is 3. The van der Waals surface area contributed by atoms with Crippen LogP contribution in [-0.2, 0) is 0 Å². The maximum Gasteiger partial charge on any atom is 0.283 e. The number of fused-ring (bicyclic) bond motifs is 1. The van der Waals surface area contributed by atoms with E-state index in [9.17, 15) is 9.59 Å². The number of rotatable bonds is 7. The van der Waals surface area contributed by atoms with Crippen LogP contribution in [0.2, 0.25) is 0 Å². The Bertz CT molecular complexity index is 1630.